The van der Waals surface area contributed by atoms with E-state index in [1.165, 1.54) is 0 Å². The fraction of sp³-hybridized carbons (Fsp3) is 0.833. The van der Waals surface area contributed by atoms with Crippen molar-refractivity contribution in [3.63, 3.8) is 0 Å². The molecule has 0 aromatic heterocycles. The molecule has 102 valence electrons. The number of amides is 1. The summed E-state index contributed by atoms with van der Waals surface area (Å²) in [5.41, 5.74) is 4.95. The predicted molar refractivity (Wildman–Crippen MR) is 68.4 cm³/mol. The lowest BCUT2D eigenvalue weighted by atomic mass is 10.0. The average molecular weight is 254 g/mol. The first-order chi connectivity index (χ1) is 8.55. The molecule has 1 atom stereocenters. The van der Waals surface area contributed by atoms with Crippen LogP contribution in [0.25, 0.3) is 0 Å². The number of carbonyl (C=O) groups excluding carboxylic acids is 1. The van der Waals surface area contributed by atoms with Gasteiger partial charge in [0.25, 0.3) is 0 Å². The van der Waals surface area contributed by atoms with Crippen LogP contribution in [0.4, 0.5) is 0 Å². The summed E-state index contributed by atoms with van der Waals surface area (Å²) in [5, 5.41) is 11.8. The van der Waals surface area contributed by atoms with Crippen molar-refractivity contribution in [3.8, 4) is 0 Å². The minimum absolute atomic E-state index is 0.0318. The van der Waals surface area contributed by atoms with Gasteiger partial charge in [0.1, 0.15) is 5.41 Å². The van der Waals surface area contributed by atoms with E-state index in [-0.39, 0.29) is 11.7 Å². The van der Waals surface area contributed by atoms with E-state index >= 15 is 0 Å². The van der Waals surface area contributed by atoms with Gasteiger partial charge in [0, 0.05) is 25.7 Å². The van der Waals surface area contributed by atoms with E-state index in [1.807, 2.05) is 4.90 Å². The van der Waals surface area contributed by atoms with Crippen LogP contribution in [0.1, 0.15) is 26.2 Å². The number of carbonyl (C=O) groups is 1. The van der Waals surface area contributed by atoms with Crippen LogP contribution in [0.5, 0.6) is 0 Å². The van der Waals surface area contributed by atoms with Gasteiger partial charge in [0.15, 0.2) is 5.84 Å². The second-order valence-corrected chi connectivity index (χ2v) is 5.36. The highest BCUT2D eigenvalue weighted by molar-refractivity contribution is 6.09. The van der Waals surface area contributed by atoms with Gasteiger partial charge in [-0.2, -0.15) is 0 Å². The number of rotatable bonds is 3. The summed E-state index contributed by atoms with van der Waals surface area (Å²) in [4.78, 5) is 16.6. The number of oxime groups is 1. The van der Waals surface area contributed by atoms with Crippen molar-refractivity contribution in [2.24, 2.45) is 16.3 Å². The molecule has 2 fully saturated rings. The highest BCUT2D eigenvalue weighted by Gasteiger charge is 2.56. The Morgan fingerprint density at radius 2 is 2.17 bits per heavy atom. The molecule has 0 bridgehead atoms. The maximum atomic E-state index is 12.5. The van der Waals surface area contributed by atoms with E-state index in [2.05, 4.69) is 24.0 Å². The molecular weight excluding hydrogens is 232 g/mol. The fourth-order valence-corrected chi connectivity index (χ4v) is 2.67. The van der Waals surface area contributed by atoms with Gasteiger partial charge in [-0.1, -0.05) is 12.1 Å². The van der Waals surface area contributed by atoms with E-state index in [0.29, 0.717) is 18.9 Å². The van der Waals surface area contributed by atoms with Crippen molar-refractivity contribution >= 4 is 11.7 Å². The summed E-state index contributed by atoms with van der Waals surface area (Å²) in [7, 11) is 2.09. The SMILES string of the molecule is CCC1CN(C(=O)C2(C(N)=NO)CC2)CCN1C. The summed E-state index contributed by atoms with van der Waals surface area (Å²) in [5.74, 6) is 0.101. The van der Waals surface area contributed by atoms with Crippen LogP contribution in [-0.4, -0.2) is 59.5 Å². The summed E-state index contributed by atoms with van der Waals surface area (Å²) < 4.78 is 0. The third-order valence-electron chi connectivity index (χ3n) is 4.29. The largest absolute Gasteiger partial charge is 0.409 e. The van der Waals surface area contributed by atoms with Crippen molar-refractivity contribution in [3.05, 3.63) is 0 Å². The van der Waals surface area contributed by atoms with Gasteiger partial charge in [-0.25, -0.2) is 0 Å². The second kappa shape index (κ2) is 4.76. The molecule has 1 amide bonds. The van der Waals surface area contributed by atoms with Crippen LogP contribution in [0, 0.1) is 5.41 Å². The standard InChI is InChI=1S/C12H22N4O2/c1-3-9-8-16(7-6-15(9)2)11(17)12(4-5-12)10(13)14-18/h9,18H,3-8H2,1-2H3,(H2,13,14). The van der Waals surface area contributed by atoms with E-state index in [0.717, 1.165) is 26.1 Å². The van der Waals surface area contributed by atoms with Crippen LogP contribution in [0.3, 0.4) is 0 Å². The number of hydrogen-bond acceptors (Lipinski definition) is 4. The number of piperazine rings is 1. The zero-order valence-electron chi connectivity index (χ0n) is 11.1. The molecule has 0 aromatic rings. The van der Waals surface area contributed by atoms with Crippen LogP contribution < -0.4 is 5.73 Å². The van der Waals surface area contributed by atoms with Gasteiger partial charge in [-0.15, -0.1) is 0 Å². The quantitative estimate of drug-likeness (QED) is 0.323. The molecule has 6 nitrogen and oxygen atoms in total. The molecule has 1 saturated heterocycles. The maximum Gasteiger partial charge on any atom is 0.236 e. The van der Waals surface area contributed by atoms with Gasteiger partial charge in [0.2, 0.25) is 5.91 Å². The molecule has 1 aliphatic carbocycles. The molecule has 2 rings (SSSR count). The van der Waals surface area contributed by atoms with E-state index in [1.54, 1.807) is 0 Å². The Bertz CT molecular complexity index is 365. The minimum atomic E-state index is -0.705. The minimum Gasteiger partial charge on any atom is -0.409 e. The van der Waals surface area contributed by atoms with Gasteiger partial charge in [-0.3, -0.25) is 9.69 Å². The lowest BCUT2D eigenvalue weighted by molar-refractivity contribution is -0.137. The number of amidine groups is 1. The maximum absolute atomic E-state index is 12.5. The first-order valence-corrected chi connectivity index (χ1v) is 6.52. The van der Waals surface area contributed by atoms with Gasteiger partial charge >= 0.3 is 0 Å². The van der Waals surface area contributed by atoms with Crippen LogP contribution >= 0.6 is 0 Å². The third kappa shape index (κ3) is 2.05. The third-order valence-corrected chi connectivity index (χ3v) is 4.29. The summed E-state index contributed by atoms with van der Waals surface area (Å²) >= 11 is 0. The van der Waals surface area contributed by atoms with Crippen molar-refractivity contribution in [2.75, 3.05) is 26.7 Å². The Balaban J connectivity index is 2.07. The summed E-state index contributed by atoms with van der Waals surface area (Å²) in [6.07, 6.45) is 2.42. The number of likely N-dealkylation sites (N-methyl/N-ethyl adjacent to an activating group) is 1. The van der Waals surface area contributed by atoms with Gasteiger partial charge in [0.05, 0.1) is 0 Å². The van der Waals surface area contributed by atoms with E-state index in [4.69, 9.17) is 10.9 Å². The Labute approximate surface area is 107 Å². The Morgan fingerprint density at radius 1 is 1.50 bits per heavy atom. The highest BCUT2D eigenvalue weighted by Crippen LogP contribution is 2.47. The molecule has 1 unspecified atom stereocenters. The Kier molecular flexibility index (Phi) is 3.47. The molecule has 1 aliphatic heterocycles. The Morgan fingerprint density at radius 3 is 2.67 bits per heavy atom. The van der Waals surface area contributed by atoms with Gasteiger partial charge < -0.3 is 15.8 Å². The molecule has 1 heterocycles. The first kappa shape index (κ1) is 13.1. The highest BCUT2D eigenvalue weighted by atomic mass is 16.4. The van der Waals surface area contributed by atoms with Crippen molar-refractivity contribution in [2.45, 2.75) is 32.2 Å². The number of hydrogen-bond donors (Lipinski definition) is 2. The van der Waals surface area contributed by atoms with Crippen molar-refractivity contribution in [1.82, 2.24) is 9.80 Å². The molecule has 3 N–H and O–H groups in total. The molecular formula is C12H22N4O2. The number of nitrogens with zero attached hydrogens (tertiary/aromatic N) is 3. The smallest absolute Gasteiger partial charge is 0.236 e. The van der Waals surface area contributed by atoms with Gasteiger partial charge in [-0.05, 0) is 26.3 Å². The number of nitrogens with two attached hydrogens (primary N) is 1. The topological polar surface area (TPSA) is 82.2 Å². The normalized spacial score (nSPS) is 28.2. The summed E-state index contributed by atoms with van der Waals surface area (Å²) in [6, 6.07) is 0.408. The fourth-order valence-electron chi connectivity index (χ4n) is 2.67. The average Bonchev–Trinajstić information content (AvgIpc) is 3.19. The zero-order valence-corrected chi connectivity index (χ0v) is 11.1. The molecule has 6 heteroatoms. The van der Waals surface area contributed by atoms with Crippen molar-refractivity contribution < 1.29 is 10.0 Å². The lowest BCUT2D eigenvalue weighted by Gasteiger charge is -2.40. The molecule has 0 aromatic carbocycles. The van der Waals surface area contributed by atoms with E-state index in [9.17, 15) is 4.79 Å². The van der Waals surface area contributed by atoms with E-state index < -0.39 is 5.41 Å². The Hall–Kier alpha value is -1.30. The molecule has 0 radical (unpaired) electrons. The molecule has 2 aliphatic rings. The monoisotopic (exact) mass is 254 g/mol. The second-order valence-electron chi connectivity index (χ2n) is 5.36. The zero-order chi connectivity index (χ0) is 13.3. The van der Waals surface area contributed by atoms with Crippen molar-refractivity contribution in [1.29, 1.82) is 0 Å². The van der Waals surface area contributed by atoms with Crippen LogP contribution in [0.15, 0.2) is 5.16 Å². The molecule has 1 saturated carbocycles. The molecule has 0 spiro atoms. The molecule has 18 heavy (non-hydrogen) atoms. The predicted octanol–water partition coefficient (Wildman–Crippen LogP) is 0.0656. The lowest BCUT2D eigenvalue weighted by Crippen LogP contribution is -2.55. The van der Waals surface area contributed by atoms with Crippen LogP contribution in [-0.2, 0) is 4.79 Å². The first-order valence-electron chi connectivity index (χ1n) is 6.52. The van der Waals surface area contributed by atoms with Crippen LogP contribution in [0.2, 0.25) is 0 Å². The summed E-state index contributed by atoms with van der Waals surface area (Å²) in [6.45, 7) is 4.49.